The minimum atomic E-state index is -0.590. The summed E-state index contributed by atoms with van der Waals surface area (Å²) in [6.45, 7) is 2.22. The second-order valence-corrected chi connectivity index (χ2v) is 10.2. The number of aliphatic hydroxyl groups excluding tert-OH is 1. The van der Waals surface area contributed by atoms with Gasteiger partial charge in [0.15, 0.2) is 0 Å². The standard InChI is InChI=1S/C27H27ClN6O2/c1-15(35)21-8-18(16-5-6-16)12-34-13-20(32-26(21)34)11-29-24-10-25(31-14-30-24)33-27(36)23-9-22(23)17-3-2-4-19(28)7-17/h2-4,7-8,10,12-16,22-23,35H,5-6,9,11H2,1H3,(H2,29,30,31,33,36)/t15?,22-,23+/m1/s1. The molecule has 2 fully saturated rings. The van der Waals surface area contributed by atoms with E-state index in [1.165, 1.54) is 24.7 Å². The van der Waals surface area contributed by atoms with Crippen LogP contribution in [0.15, 0.2) is 55.1 Å². The molecule has 4 aromatic rings. The number of benzene rings is 1. The molecule has 8 nitrogen and oxygen atoms in total. The van der Waals surface area contributed by atoms with Gasteiger partial charge < -0.3 is 20.1 Å². The Kier molecular flexibility index (Phi) is 5.85. The van der Waals surface area contributed by atoms with E-state index in [9.17, 15) is 9.90 Å². The van der Waals surface area contributed by atoms with Gasteiger partial charge in [0.1, 0.15) is 23.6 Å². The molecule has 6 rings (SSSR count). The molecule has 3 N–H and O–H groups in total. The maximum Gasteiger partial charge on any atom is 0.229 e. The third-order valence-corrected chi connectivity index (χ3v) is 7.16. The van der Waals surface area contributed by atoms with E-state index in [1.807, 2.05) is 34.9 Å². The molecule has 184 valence electrons. The average molecular weight is 503 g/mol. The van der Waals surface area contributed by atoms with Crippen LogP contribution in [-0.2, 0) is 11.3 Å². The predicted molar refractivity (Wildman–Crippen MR) is 138 cm³/mol. The minimum absolute atomic E-state index is 0.0536. The number of aliphatic hydroxyl groups is 1. The molecule has 0 spiro atoms. The van der Waals surface area contributed by atoms with E-state index in [-0.39, 0.29) is 17.7 Å². The SMILES string of the molecule is CC(O)c1cc(C2CC2)cn2cc(CNc3cc(NC(=O)[C@H]4C[C@@H]4c4cccc(Cl)c4)ncn3)nc12. The van der Waals surface area contributed by atoms with Crippen LogP contribution in [0, 0.1) is 5.92 Å². The van der Waals surface area contributed by atoms with Crippen molar-refractivity contribution in [2.45, 2.75) is 50.7 Å². The van der Waals surface area contributed by atoms with E-state index >= 15 is 0 Å². The van der Waals surface area contributed by atoms with Crippen LogP contribution in [0.4, 0.5) is 11.6 Å². The Morgan fingerprint density at radius 3 is 2.78 bits per heavy atom. The largest absolute Gasteiger partial charge is 0.389 e. The number of fused-ring (bicyclic) bond motifs is 1. The predicted octanol–water partition coefficient (Wildman–Crippen LogP) is 5.06. The number of imidazole rings is 1. The lowest BCUT2D eigenvalue weighted by molar-refractivity contribution is -0.117. The first-order valence-electron chi connectivity index (χ1n) is 12.3. The number of anilines is 2. The topological polar surface area (TPSA) is 104 Å². The lowest BCUT2D eigenvalue weighted by Crippen LogP contribution is -2.16. The van der Waals surface area contributed by atoms with Gasteiger partial charge in [0, 0.05) is 35.0 Å². The number of nitrogens with one attached hydrogen (secondary N) is 2. The number of carbonyl (C=O) groups is 1. The van der Waals surface area contributed by atoms with E-state index in [0.29, 0.717) is 29.1 Å². The van der Waals surface area contributed by atoms with Crippen LogP contribution in [0.3, 0.4) is 0 Å². The Labute approximate surface area is 213 Å². The molecular weight excluding hydrogens is 476 g/mol. The number of pyridine rings is 1. The van der Waals surface area contributed by atoms with Gasteiger partial charge in [-0.3, -0.25) is 4.79 Å². The van der Waals surface area contributed by atoms with E-state index in [0.717, 1.165) is 28.9 Å². The molecule has 0 saturated heterocycles. The van der Waals surface area contributed by atoms with E-state index in [4.69, 9.17) is 16.6 Å². The Morgan fingerprint density at radius 2 is 2.00 bits per heavy atom. The molecule has 1 unspecified atom stereocenters. The van der Waals surface area contributed by atoms with Crippen LogP contribution in [0.1, 0.15) is 66.5 Å². The first-order valence-corrected chi connectivity index (χ1v) is 12.6. The third-order valence-electron chi connectivity index (χ3n) is 6.92. The third kappa shape index (κ3) is 4.79. The van der Waals surface area contributed by atoms with Gasteiger partial charge in [-0.25, -0.2) is 15.0 Å². The fourth-order valence-electron chi connectivity index (χ4n) is 4.74. The van der Waals surface area contributed by atoms with E-state index in [1.54, 1.807) is 13.0 Å². The highest BCUT2D eigenvalue weighted by Crippen LogP contribution is 2.48. The van der Waals surface area contributed by atoms with Gasteiger partial charge in [-0.05, 0) is 67.3 Å². The molecule has 3 heterocycles. The summed E-state index contributed by atoms with van der Waals surface area (Å²) in [5, 5.41) is 17.1. The summed E-state index contributed by atoms with van der Waals surface area (Å²) >= 11 is 6.09. The molecule has 3 aromatic heterocycles. The van der Waals surface area contributed by atoms with Gasteiger partial charge in [0.25, 0.3) is 0 Å². The normalized spacial score (nSPS) is 19.8. The number of nitrogens with zero attached hydrogens (tertiary/aromatic N) is 4. The number of hydrogen-bond donors (Lipinski definition) is 3. The van der Waals surface area contributed by atoms with Crippen molar-refractivity contribution < 1.29 is 9.90 Å². The van der Waals surface area contributed by atoms with Gasteiger partial charge in [0.2, 0.25) is 5.91 Å². The first-order chi connectivity index (χ1) is 17.4. The van der Waals surface area contributed by atoms with Crippen LogP contribution < -0.4 is 10.6 Å². The summed E-state index contributed by atoms with van der Waals surface area (Å²) in [6, 6.07) is 11.5. The highest BCUT2D eigenvalue weighted by molar-refractivity contribution is 6.30. The molecule has 2 saturated carbocycles. The summed E-state index contributed by atoms with van der Waals surface area (Å²) in [5.74, 6) is 1.68. The van der Waals surface area contributed by atoms with Crippen LogP contribution in [0.5, 0.6) is 0 Å². The van der Waals surface area contributed by atoms with E-state index < -0.39 is 6.10 Å². The van der Waals surface area contributed by atoms with Crippen molar-refractivity contribution in [3.8, 4) is 0 Å². The van der Waals surface area contributed by atoms with Crippen molar-refractivity contribution in [1.82, 2.24) is 19.4 Å². The lowest BCUT2D eigenvalue weighted by atomic mass is 10.1. The molecule has 2 aliphatic carbocycles. The van der Waals surface area contributed by atoms with Gasteiger partial charge in [0.05, 0.1) is 18.3 Å². The van der Waals surface area contributed by atoms with Crippen molar-refractivity contribution in [3.05, 3.63) is 82.5 Å². The summed E-state index contributed by atoms with van der Waals surface area (Å²) in [6.07, 6.45) is 8.12. The smallest absolute Gasteiger partial charge is 0.229 e. The highest BCUT2D eigenvalue weighted by atomic mass is 35.5. The summed E-state index contributed by atoms with van der Waals surface area (Å²) in [4.78, 5) is 26.0. The number of halogens is 1. The molecule has 1 aromatic carbocycles. The van der Waals surface area contributed by atoms with Crippen LogP contribution in [0.2, 0.25) is 5.02 Å². The molecule has 2 aliphatic rings. The zero-order valence-corrected chi connectivity index (χ0v) is 20.6. The zero-order valence-electron chi connectivity index (χ0n) is 19.9. The number of carbonyl (C=O) groups excluding carboxylic acids is 1. The van der Waals surface area contributed by atoms with Crippen molar-refractivity contribution >= 4 is 34.8 Å². The average Bonchev–Trinajstić information content (AvgIpc) is 3.78. The molecule has 0 radical (unpaired) electrons. The highest BCUT2D eigenvalue weighted by Gasteiger charge is 2.44. The lowest BCUT2D eigenvalue weighted by Gasteiger charge is -2.09. The molecule has 1 amide bonds. The second-order valence-electron chi connectivity index (χ2n) is 9.78. The second kappa shape index (κ2) is 9.19. The Bertz CT molecular complexity index is 1450. The van der Waals surface area contributed by atoms with Gasteiger partial charge in [-0.1, -0.05) is 23.7 Å². The first kappa shape index (κ1) is 22.9. The Hall–Kier alpha value is -3.49. The number of hydrogen-bond acceptors (Lipinski definition) is 6. The molecule has 36 heavy (non-hydrogen) atoms. The number of rotatable bonds is 8. The summed E-state index contributed by atoms with van der Waals surface area (Å²) in [7, 11) is 0. The zero-order chi connectivity index (χ0) is 24.8. The Morgan fingerprint density at radius 1 is 1.17 bits per heavy atom. The fraction of sp³-hybridized carbons (Fsp3) is 0.333. The van der Waals surface area contributed by atoms with Crippen LogP contribution in [-0.4, -0.2) is 30.4 Å². The summed E-state index contributed by atoms with van der Waals surface area (Å²) in [5.41, 5.74) is 4.77. The van der Waals surface area contributed by atoms with Crippen molar-refractivity contribution in [2.24, 2.45) is 5.92 Å². The molecule has 9 heteroatoms. The Balaban J connectivity index is 1.11. The number of amides is 1. The molecule has 3 atom stereocenters. The maximum absolute atomic E-state index is 12.7. The van der Waals surface area contributed by atoms with Gasteiger partial charge in [-0.15, -0.1) is 0 Å². The summed E-state index contributed by atoms with van der Waals surface area (Å²) < 4.78 is 2.00. The monoisotopic (exact) mass is 502 g/mol. The van der Waals surface area contributed by atoms with E-state index in [2.05, 4.69) is 32.9 Å². The molecule has 0 aliphatic heterocycles. The quantitative estimate of drug-likeness (QED) is 0.311. The number of aromatic nitrogens is 4. The minimum Gasteiger partial charge on any atom is -0.389 e. The molecule has 0 bridgehead atoms. The maximum atomic E-state index is 12.7. The van der Waals surface area contributed by atoms with Crippen LogP contribution in [0.25, 0.3) is 5.65 Å². The van der Waals surface area contributed by atoms with Crippen LogP contribution >= 0.6 is 11.6 Å². The molecular formula is C27H27ClN6O2. The van der Waals surface area contributed by atoms with Crippen molar-refractivity contribution in [3.63, 3.8) is 0 Å². The van der Waals surface area contributed by atoms with Gasteiger partial charge in [-0.2, -0.15) is 0 Å². The fourth-order valence-corrected chi connectivity index (χ4v) is 4.94. The van der Waals surface area contributed by atoms with Crippen molar-refractivity contribution in [2.75, 3.05) is 10.6 Å². The van der Waals surface area contributed by atoms with Gasteiger partial charge >= 0.3 is 0 Å². The van der Waals surface area contributed by atoms with Crippen molar-refractivity contribution in [1.29, 1.82) is 0 Å².